The molecule has 2 rings (SSSR count). The third-order valence-electron chi connectivity index (χ3n) is 2.11. The van der Waals surface area contributed by atoms with Gasteiger partial charge >= 0.3 is 9.17 Å². The lowest BCUT2D eigenvalue weighted by Crippen LogP contribution is -2.16. The first-order chi connectivity index (χ1) is 7.76. The number of hydrogen-bond acceptors (Lipinski definition) is 5. The first-order valence-electron chi connectivity index (χ1n) is 4.63. The Balaban J connectivity index is 2.54. The number of rotatable bonds is 3. The maximum atomic E-state index is 11.3. The van der Waals surface area contributed by atoms with Crippen LogP contribution in [0.2, 0.25) is 0 Å². The van der Waals surface area contributed by atoms with Crippen molar-refractivity contribution >= 4 is 9.17 Å². The Morgan fingerprint density at radius 2 is 2.38 bits per heavy atom. The summed E-state index contributed by atoms with van der Waals surface area (Å²) in [6, 6.07) is 3.46. The van der Waals surface area contributed by atoms with Gasteiger partial charge in [-0.2, -0.15) is 0 Å². The van der Waals surface area contributed by atoms with E-state index in [0.717, 1.165) is 5.56 Å². The zero-order chi connectivity index (χ0) is 11.5. The van der Waals surface area contributed by atoms with Crippen molar-refractivity contribution in [1.82, 2.24) is 0 Å². The van der Waals surface area contributed by atoms with E-state index < -0.39 is 9.17 Å². The molecular weight excluding hydrogens is 228 g/mol. The number of hydrogen-bond donors (Lipinski definition) is 0. The molecule has 84 valence electrons. The molecule has 6 heteroatoms. The molecule has 1 aromatic carbocycles. The van der Waals surface area contributed by atoms with Gasteiger partial charge in [-0.25, -0.2) is 0 Å². The molecule has 0 spiro atoms. The third kappa shape index (κ3) is 1.79. The molecule has 0 N–H and O–H groups in total. The first-order valence-corrected chi connectivity index (χ1v) is 5.86. The molecule has 16 heavy (non-hydrogen) atoms. The van der Waals surface area contributed by atoms with Crippen LogP contribution in [0.25, 0.3) is 0 Å². The average Bonchev–Trinajstić information content (AvgIpc) is 2.39. The molecule has 0 amide bonds. The van der Waals surface area contributed by atoms with Gasteiger partial charge in [0.2, 0.25) is 11.5 Å². The van der Waals surface area contributed by atoms with Crippen molar-refractivity contribution < 1.29 is 23.1 Å². The van der Waals surface area contributed by atoms with Gasteiger partial charge in [0.1, 0.15) is 0 Å². The van der Waals surface area contributed by atoms with Crippen LogP contribution in [0.4, 0.5) is 0 Å². The molecule has 0 unspecified atom stereocenters. The van der Waals surface area contributed by atoms with Crippen LogP contribution in [0.3, 0.4) is 0 Å². The smallest absolute Gasteiger partial charge is 0.490 e. The number of ether oxygens (including phenoxy) is 1. The van der Waals surface area contributed by atoms with Gasteiger partial charge in [0.15, 0.2) is 5.75 Å². The molecule has 1 aromatic rings. The summed E-state index contributed by atoms with van der Waals surface area (Å²) in [7, 11) is -1.22. The van der Waals surface area contributed by atoms with Crippen LogP contribution in [0, 0.1) is 0 Å². The molecule has 1 heterocycles. The van der Waals surface area contributed by atoms with Crippen molar-refractivity contribution in [3.05, 3.63) is 30.4 Å². The fraction of sp³-hybridized carbons (Fsp3) is 0.200. The molecule has 2 bridgehead atoms. The van der Waals surface area contributed by atoms with E-state index >= 15 is 0 Å². The van der Waals surface area contributed by atoms with Crippen molar-refractivity contribution in [3.63, 3.8) is 0 Å². The number of methoxy groups -OCH3 is 1. The van der Waals surface area contributed by atoms with Crippen LogP contribution >= 0.6 is 0 Å². The molecule has 1 aliphatic rings. The lowest BCUT2D eigenvalue weighted by atomic mass is 10.1. The largest absolute Gasteiger partial charge is 0.816 e. The van der Waals surface area contributed by atoms with Gasteiger partial charge in [0.05, 0.1) is 7.11 Å². The number of benzene rings is 1. The summed E-state index contributed by atoms with van der Waals surface area (Å²) in [6.07, 6.45) is 2.30. The summed E-state index contributed by atoms with van der Waals surface area (Å²) in [6.45, 7) is 3.64. The Bertz CT molecular complexity index is 443. The van der Waals surface area contributed by atoms with Gasteiger partial charge in [-0.05, 0) is 12.5 Å². The predicted octanol–water partition coefficient (Wildman–Crippen LogP) is 1.54. The first kappa shape index (κ1) is 10.7. The van der Waals surface area contributed by atoms with Gasteiger partial charge in [-0.1, -0.05) is 12.1 Å². The van der Waals surface area contributed by atoms with Crippen LogP contribution in [0.5, 0.6) is 17.2 Å². The van der Waals surface area contributed by atoms with E-state index in [1.807, 2.05) is 0 Å². The number of allylic oxidation sites excluding steroid dienone is 1. The lowest BCUT2D eigenvalue weighted by Gasteiger charge is -2.10. The standard InChI is InChI=1S/C10H10O5Si/c1-3-4-7-5-6-8-10(12-2)9(7)14-16(11)15-13-8/h3,5-6H,1,4H2,2H3. The maximum Gasteiger partial charge on any atom is 0.816 e. The van der Waals surface area contributed by atoms with Crippen molar-refractivity contribution in [1.29, 1.82) is 0 Å². The Morgan fingerprint density at radius 1 is 1.56 bits per heavy atom. The van der Waals surface area contributed by atoms with Gasteiger partial charge < -0.3 is 9.16 Å². The fourth-order valence-corrected chi connectivity index (χ4v) is 2.03. The van der Waals surface area contributed by atoms with E-state index in [9.17, 15) is 4.46 Å². The van der Waals surface area contributed by atoms with E-state index in [1.165, 1.54) is 7.11 Å². The van der Waals surface area contributed by atoms with E-state index in [4.69, 9.17) is 14.1 Å². The summed E-state index contributed by atoms with van der Waals surface area (Å²) in [5.74, 6) is 1.12. The van der Waals surface area contributed by atoms with Gasteiger partial charge in [0.25, 0.3) is 0 Å². The highest BCUT2D eigenvalue weighted by atomic mass is 28.3. The Hall–Kier alpha value is -1.82. The molecule has 1 aliphatic heterocycles. The van der Waals surface area contributed by atoms with Crippen LogP contribution < -0.4 is 14.1 Å². The molecule has 0 atom stereocenters. The Kier molecular flexibility index (Phi) is 2.91. The minimum atomic E-state index is -2.70. The van der Waals surface area contributed by atoms with Crippen LogP contribution in [0.1, 0.15) is 5.56 Å². The quantitative estimate of drug-likeness (QED) is 0.454. The normalized spacial score (nSPS) is 12.9. The van der Waals surface area contributed by atoms with E-state index in [-0.39, 0.29) is 0 Å². The average molecular weight is 238 g/mol. The lowest BCUT2D eigenvalue weighted by molar-refractivity contribution is -0.121. The molecule has 0 aliphatic carbocycles. The SMILES string of the molecule is C=CCc1ccc2c(OC)c1O[Si](=O)OO2. The van der Waals surface area contributed by atoms with Crippen LogP contribution in [-0.4, -0.2) is 16.3 Å². The third-order valence-corrected chi connectivity index (χ3v) is 2.70. The molecular formula is C10H10O5Si. The Labute approximate surface area is 94.0 Å². The monoisotopic (exact) mass is 238 g/mol. The van der Waals surface area contributed by atoms with Crippen molar-refractivity contribution in [2.75, 3.05) is 7.11 Å². The maximum absolute atomic E-state index is 11.3. The number of fused-ring (bicyclic) bond motifs is 2. The van der Waals surface area contributed by atoms with Crippen molar-refractivity contribution in [2.45, 2.75) is 6.42 Å². The van der Waals surface area contributed by atoms with Gasteiger partial charge in [-0.3, -0.25) is 13.9 Å². The molecule has 5 nitrogen and oxygen atoms in total. The minimum Gasteiger partial charge on any atom is -0.490 e. The summed E-state index contributed by atoms with van der Waals surface area (Å²) in [4.78, 5) is 4.83. The Morgan fingerprint density at radius 3 is 3.06 bits per heavy atom. The summed E-state index contributed by atoms with van der Waals surface area (Å²) in [5.41, 5.74) is 0.822. The second-order valence-corrected chi connectivity index (χ2v) is 3.97. The molecule has 0 fully saturated rings. The highest BCUT2D eigenvalue weighted by Gasteiger charge is 2.28. The summed E-state index contributed by atoms with van der Waals surface area (Å²) < 4.78 is 26.1. The minimum absolute atomic E-state index is 0.348. The van der Waals surface area contributed by atoms with Crippen molar-refractivity contribution in [2.24, 2.45) is 0 Å². The predicted molar refractivity (Wildman–Crippen MR) is 55.7 cm³/mol. The topological polar surface area (TPSA) is 54.0 Å². The second kappa shape index (κ2) is 4.36. The highest BCUT2D eigenvalue weighted by Crippen LogP contribution is 2.41. The second-order valence-electron chi connectivity index (χ2n) is 3.10. The van der Waals surface area contributed by atoms with Gasteiger partial charge in [0, 0.05) is 5.56 Å². The van der Waals surface area contributed by atoms with E-state index in [2.05, 4.69) is 11.2 Å². The molecule has 0 saturated heterocycles. The zero-order valence-corrected chi connectivity index (χ0v) is 9.69. The molecule has 0 aromatic heterocycles. The summed E-state index contributed by atoms with van der Waals surface area (Å²) in [5, 5.41) is 0. The van der Waals surface area contributed by atoms with E-state index in [1.54, 1.807) is 18.2 Å². The van der Waals surface area contributed by atoms with Crippen molar-refractivity contribution in [3.8, 4) is 17.2 Å². The zero-order valence-electron chi connectivity index (χ0n) is 8.69. The highest BCUT2D eigenvalue weighted by molar-refractivity contribution is 6.27. The van der Waals surface area contributed by atoms with Crippen LogP contribution in [-0.2, 0) is 15.5 Å². The molecule has 0 saturated carbocycles. The summed E-state index contributed by atoms with van der Waals surface area (Å²) >= 11 is 0. The molecule has 0 radical (unpaired) electrons. The fourth-order valence-electron chi connectivity index (χ4n) is 1.45. The van der Waals surface area contributed by atoms with Gasteiger partial charge in [-0.15, -0.1) is 6.58 Å². The van der Waals surface area contributed by atoms with Crippen LogP contribution in [0.15, 0.2) is 24.8 Å². The van der Waals surface area contributed by atoms with E-state index in [0.29, 0.717) is 23.7 Å².